The Balaban J connectivity index is 0.000000720. The highest BCUT2D eigenvalue weighted by Crippen LogP contribution is 2.57. The van der Waals surface area contributed by atoms with Gasteiger partial charge in [0, 0.05) is 1.43 Å². The normalized spacial score (nSPS) is 44.2. The molecule has 2 rings (SSSR count). The van der Waals surface area contributed by atoms with Gasteiger partial charge in [0.05, 0.1) is 11.0 Å². The maximum absolute atomic E-state index is 6.03. The molecule has 0 aromatic heterocycles. The maximum Gasteiger partial charge on any atom is 0.0733 e. The molecule has 0 heterocycles. The van der Waals surface area contributed by atoms with Crippen LogP contribution >= 0.6 is 0 Å². The van der Waals surface area contributed by atoms with Gasteiger partial charge in [0.15, 0.2) is 0 Å². The summed E-state index contributed by atoms with van der Waals surface area (Å²) in [5.74, 6) is 6.09. The largest absolute Gasteiger partial charge is 0.320 e. The fourth-order valence-corrected chi connectivity index (χ4v) is 1.71. The molecule has 0 saturated heterocycles. The van der Waals surface area contributed by atoms with E-state index in [1.807, 2.05) is 19.1 Å². The Morgan fingerprint density at radius 1 is 1.45 bits per heavy atom. The van der Waals surface area contributed by atoms with Crippen LogP contribution in [-0.2, 0) is 0 Å². The highest BCUT2D eigenvalue weighted by atomic mass is 14.9. The van der Waals surface area contributed by atoms with Crippen LogP contribution < -0.4 is 5.73 Å². The van der Waals surface area contributed by atoms with Gasteiger partial charge >= 0.3 is 0 Å². The third-order valence-corrected chi connectivity index (χ3v) is 2.51. The van der Waals surface area contributed by atoms with E-state index in [9.17, 15) is 0 Å². The number of allylic oxidation sites excluding steroid dienone is 2. The summed E-state index contributed by atoms with van der Waals surface area (Å²) >= 11 is 0. The minimum atomic E-state index is -0.148. The van der Waals surface area contributed by atoms with Crippen LogP contribution in [0.1, 0.15) is 14.8 Å². The lowest BCUT2D eigenvalue weighted by Gasteiger charge is -2.12. The van der Waals surface area contributed by atoms with Gasteiger partial charge in [0.25, 0.3) is 0 Å². The lowest BCUT2D eigenvalue weighted by molar-refractivity contribution is 0.704. The molecule has 2 atom stereocenters. The number of rotatable bonds is 0. The molecule has 2 N–H and O–H groups in total. The Morgan fingerprint density at radius 2 is 2.18 bits per heavy atom. The van der Waals surface area contributed by atoms with Crippen LogP contribution in [0.3, 0.4) is 0 Å². The topological polar surface area (TPSA) is 26.0 Å². The molecule has 1 saturated carbocycles. The van der Waals surface area contributed by atoms with Crippen molar-refractivity contribution >= 4 is 0 Å². The zero-order chi connectivity index (χ0) is 7.95. The van der Waals surface area contributed by atoms with Crippen LogP contribution in [0.5, 0.6) is 0 Å². The Morgan fingerprint density at radius 3 is 2.82 bits per heavy atom. The zero-order valence-corrected chi connectivity index (χ0v) is 6.59. The number of hydrogen-bond acceptors (Lipinski definition) is 1. The predicted molar refractivity (Wildman–Crippen MR) is 47.8 cm³/mol. The third-order valence-electron chi connectivity index (χ3n) is 2.51. The molecule has 0 aliphatic heterocycles. The molecule has 1 nitrogen and oxygen atoms in total. The van der Waals surface area contributed by atoms with Gasteiger partial charge in [-0.15, -0.1) is 5.92 Å². The monoisotopic (exact) mass is 147 g/mol. The van der Waals surface area contributed by atoms with E-state index < -0.39 is 0 Å². The predicted octanol–water partition coefficient (Wildman–Crippen LogP) is 1.47. The zero-order valence-electron chi connectivity index (χ0n) is 6.59. The smallest absolute Gasteiger partial charge is 0.0733 e. The summed E-state index contributed by atoms with van der Waals surface area (Å²) in [5.41, 5.74) is 5.87. The second kappa shape index (κ2) is 1.78. The summed E-state index contributed by atoms with van der Waals surface area (Å²) in [6, 6.07) is 0. The lowest BCUT2D eigenvalue weighted by atomic mass is 9.96. The van der Waals surface area contributed by atoms with Crippen molar-refractivity contribution < 1.29 is 1.43 Å². The Bertz CT molecular complexity index is 308. The lowest BCUT2D eigenvalue weighted by Crippen LogP contribution is -2.27. The molecular weight excluding hydrogens is 134 g/mol. The summed E-state index contributed by atoms with van der Waals surface area (Å²) in [6.07, 6.45) is 9.18. The first-order valence-corrected chi connectivity index (χ1v) is 3.82. The average Bonchev–Trinajstić information content (AvgIpc) is 2.56. The Kier molecular flexibility index (Phi) is 1.08. The van der Waals surface area contributed by atoms with Crippen molar-refractivity contribution in [2.45, 2.75) is 18.9 Å². The van der Waals surface area contributed by atoms with Gasteiger partial charge in [-0.2, -0.15) is 0 Å². The fourth-order valence-electron chi connectivity index (χ4n) is 1.71. The van der Waals surface area contributed by atoms with Crippen LogP contribution in [0, 0.1) is 17.3 Å². The van der Waals surface area contributed by atoms with E-state index in [4.69, 9.17) is 5.73 Å². The molecule has 1 heteroatoms. The summed E-state index contributed by atoms with van der Waals surface area (Å²) in [5, 5.41) is 0. The molecule has 11 heavy (non-hydrogen) atoms. The van der Waals surface area contributed by atoms with Gasteiger partial charge in [-0.25, -0.2) is 0 Å². The first kappa shape index (κ1) is 6.69. The number of hydrogen-bond donors (Lipinski definition) is 1. The summed E-state index contributed by atoms with van der Waals surface area (Å²) in [6.45, 7) is 1.86. The fraction of sp³-hybridized carbons (Fsp3) is 0.400. The van der Waals surface area contributed by atoms with Crippen molar-refractivity contribution in [2.24, 2.45) is 11.1 Å². The van der Waals surface area contributed by atoms with Gasteiger partial charge in [0.1, 0.15) is 0 Å². The van der Waals surface area contributed by atoms with E-state index in [0.717, 1.165) is 6.42 Å². The van der Waals surface area contributed by atoms with Crippen molar-refractivity contribution in [2.75, 3.05) is 0 Å². The molecular formula is C10H13N. The first-order chi connectivity index (χ1) is 5.22. The maximum atomic E-state index is 6.03. The summed E-state index contributed by atoms with van der Waals surface area (Å²) in [7, 11) is 0. The Labute approximate surface area is 68.5 Å². The van der Waals surface area contributed by atoms with Gasteiger partial charge in [0.2, 0.25) is 0 Å². The number of fused-ring (bicyclic) bond motifs is 1. The van der Waals surface area contributed by atoms with Gasteiger partial charge in [-0.05, 0) is 13.3 Å². The van der Waals surface area contributed by atoms with E-state index in [0.29, 0.717) is 0 Å². The molecule has 0 aromatic rings. The SMILES string of the molecule is CC#CC12C=CC=CC1(N)C2.[HH]. The van der Waals surface area contributed by atoms with Crippen molar-refractivity contribution in [3.8, 4) is 11.8 Å². The van der Waals surface area contributed by atoms with Crippen LogP contribution in [0.15, 0.2) is 24.3 Å². The van der Waals surface area contributed by atoms with E-state index in [1.54, 1.807) is 0 Å². The highest BCUT2D eigenvalue weighted by molar-refractivity contribution is 5.48. The van der Waals surface area contributed by atoms with Crippen LogP contribution in [-0.4, -0.2) is 5.54 Å². The van der Waals surface area contributed by atoms with Gasteiger partial charge < -0.3 is 5.73 Å². The van der Waals surface area contributed by atoms with E-state index in [-0.39, 0.29) is 12.4 Å². The second-order valence-corrected chi connectivity index (χ2v) is 3.28. The van der Waals surface area contributed by atoms with Gasteiger partial charge in [-0.3, -0.25) is 0 Å². The second-order valence-electron chi connectivity index (χ2n) is 3.28. The molecule has 2 aliphatic carbocycles. The highest BCUT2D eigenvalue weighted by Gasteiger charge is 2.62. The molecule has 2 unspecified atom stereocenters. The van der Waals surface area contributed by atoms with Gasteiger partial charge in [-0.1, -0.05) is 30.2 Å². The van der Waals surface area contributed by atoms with Crippen molar-refractivity contribution in [1.29, 1.82) is 0 Å². The summed E-state index contributed by atoms with van der Waals surface area (Å²) in [4.78, 5) is 0. The van der Waals surface area contributed by atoms with Crippen molar-refractivity contribution in [3.63, 3.8) is 0 Å². The van der Waals surface area contributed by atoms with Crippen molar-refractivity contribution in [1.82, 2.24) is 0 Å². The Hall–Kier alpha value is -1.00. The summed E-state index contributed by atoms with van der Waals surface area (Å²) < 4.78 is 0. The molecule has 1 fully saturated rings. The molecule has 58 valence electrons. The molecule has 2 aliphatic rings. The van der Waals surface area contributed by atoms with Crippen LogP contribution in [0.25, 0.3) is 0 Å². The first-order valence-electron chi connectivity index (χ1n) is 3.82. The van der Waals surface area contributed by atoms with E-state index in [1.165, 1.54) is 0 Å². The molecule has 0 spiro atoms. The molecule has 0 radical (unpaired) electrons. The quantitative estimate of drug-likeness (QED) is 0.516. The molecule has 0 amide bonds. The minimum Gasteiger partial charge on any atom is -0.320 e. The standard InChI is InChI=1S/C10H11N.H2/c1-2-5-9-6-3-4-7-10(9,11)8-9;/h3-4,6-7H,8,11H2,1H3;1H. The van der Waals surface area contributed by atoms with Crippen LogP contribution in [0.2, 0.25) is 0 Å². The van der Waals surface area contributed by atoms with Crippen LogP contribution in [0.4, 0.5) is 0 Å². The molecule has 0 bridgehead atoms. The average molecular weight is 147 g/mol. The van der Waals surface area contributed by atoms with E-state index >= 15 is 0 Å². The minimum absolute atomic E-state index is 0. The number of nitrogens with two attached hydrogens (primary N) is 1. The van der Waals surface area contributed by atoms with E-state index in [2.05, 4.69) is 24.0 Å². The van der Waals surface area contributed by atoms with Crippen molar-refractivity contribution in [3.05, 3.63) is 24.3 Å². The third kappa shape index (κ3) is 0.706. The molecule has 0 aromatic carbocycles.